The lowest BCUT2D eigenvalue weighted by atomic mass is 9.71. The Labute approximate surface area is 314 Å². The molecule has 3 aliphatic rings. The Hall–Kier alpha value is -3.51. The zero-order chi connectivity index (χ0) is 36.7. The van der Waals surface area contributed by atoms with Gasteiger partial charge in [-0.15, -0.1) is 0 Å². The highest BCUT2D eigenvalue weighted by atomic mass is 35.5. The van der Waals surface area contributed by atoms with E-state index in [0.717, 1.165) is 43.3 Å². The molecule has 2 unspecified atom stereocenters. The molecule has 2 saturated heterocycles. The summed E-state index contributed by atoms with van der Waals surface area (Å²) in [6.45, 7) is 8.25. The number of piperidine rings is 1. The van der Waals surface area contributed by atoms with Crippen LogP contribution in [0, 0.1) is 0 Å². The first kappa shape index (κ1) is 37.3. The number of rotatable bonds is 7. The number of nitrogens with one attached hydrogen (secondary N) is 1. The minimum atomic E-state index is -3.79. The monoisotopic (exact) mass is 773 g/mol. The van der Waals surface area contributed by atoms with Crippen LogP contribution in [-0.2, 0) is 20.9 Å². The van der Waals surface area contributed by atoms with Gasteiger partial charge in [0.15, 0.2) is 9.84 Å². The molecule has 3 aromatic carbocycles. The molecule has 14 heteroatoms. The van der Waals surface area contributed by atoms with Crippen LogP contribution in [-0.4, -0.2) is 86.1 Å². The quantitative estimate of drug-likeness (QED) is 0.264. The van der Waals surface area contributed by atoms with Crippen LogP contribution in [0.1, 0.15) is 63.1 Å². The number of amides is 4. The third-order valence-electron chi connectivity index (χ3n) is 10.4. The zero-order valence-corrected chi connectivity index (χ0v) is 32.2. The van der Waals surface area contributed by atoms with E-state index in [1.165, 1.54) is 12.1 Å². The molecule has 0 spiro atoms. The number of likely N-dealkylation sites (tertiary alicyclic amines) is 2. The second-order valence-electron chi connectivity index (χ2n) is 13.6. The van der Waals surface area contributed by atoms with E-state index in [0.29, 0.717) is 41.5 Å². The van der Waals surface area contributed by atoms with Gasteiger partial charge in [-0.05, 0) is 87.9 Å². The molecule has 0 radical (unpaired) electrons. The van der Waals surface area contributed by atoms with Crippen LogP contribution in [0.25, 0.3) is 0 Å². The SMILES string of the molecule is CCOc1cc(Cl)c(S(C)(=O)=O)cc1C1=NC(C)(c2ccc(Cl)cc2)C(C)(c2ccc(Cl)cc2)N1C(=O)N1CCC(NC(=O)N2CCCC2)CC1. The van der Waals surface area contributed by atoms with Gasteiger partial charge in [-0.2, -0.15) is 0 Å². The minimum absolute atomic E-state index is 0.000138. The van der Waals surface area contributed by atoms with Crippen molar-refractivity contribution in [1.29, 1.82) is 0 Å². The molecule has 0 saturated carbocycles. The molecular formula is C37H42Cl3N5O5S. The number of nitrogens with zero attached hydrogens (tertiary/aromatic N) is 4. The molecule has 51 heavy (non-hydrogen) atoms. The van der Waals surface area contributed by atoms with Gasteiger partial charge < -0.3 is 19.9 Å². The van der Waals surface area contributed by atoms with Crippen molar-refractivity contribution in [2.45, 2.75) is 68.5 Å². The summed E-state index contributed by atoms with van der Waals surface area (Å²) in [5.74, 6) is 0.512. The number of halogens is 3. The van der Waals surface area contributed by atoms with Crippen molar-refractivity contribution in [3.05, 3.63) is 92.4 Å². The predicted octanol–water partition coefficient (Wildman–Crippen LogP) is 7.73. The molecule has 10 nitrogen and oxygen atoms in total. The van der Waals surface area contributed by atoms with Crippen LogP contribution in [0.3, 0.4) is 0 Å². The van der Waals surface area contributed by atoms with E-state index < -0.39 is 20.9 Å². The van der Waals surface area contributed by atoms with E-state index in [9.17, 15) is 13.2 Å². The molecule has 1 N–H and O–H groups in total. The van der Waals surface area contributed by atoms with Crippen molar-refractivity contribution in [2.75, 3.05) is 39.0 Å². The number of benzene rings is 3. The molecular weight excluding hydrogens is 733 g/mol. The highest BCUT2D eigenvalue weighted by Gasteiger charge is 2.60. The number of carbonyl (C=O) groups excluding carboxylic acids is 2. The Morgan fingerprint density at radius 2 is 1.45 bits per heavy atom. The number of ether oxygens (including phenoxy) is 1. The van der Waals surface area contributed by atoms with E-state index in [1.807, 2.05) is 49.9 Å². The molecule has 6 rings (SSSR count). The first-order valence-electron chi connectivity index (χ1n) is 17.1. The smallest absolute Gasteiger partial charge is 0.326 e. The summed E-state index contributed by atoms with van der Waals surface area (Å²) in [5.41, 5.74) is -0.490. The number of aliphatic imine (C=N–C) groups is 1. The van der Waals surface area contributed by atoms with Gasteiger partial charge in [0.1, 0.15) is 22.7 Å². The summed E-state index contributed by atoms with van der Waals surface area (Å²) in [6, 6.07) is 17.1. The van der Waals surface area contributed by atoms with Gasteiger partial charge >= 0.3 is 12.1 Å². The highest BCUT2D eigenvalue weighted by molar-refractivity contribution is 7.90. The first-order chi connectivity index (χ1) is 24.2. The summed E-state index contributed by atoms with van der Waals surface area (Å²) in [7, 11) is -3.79. The molecule has 0 aromatic heterocycles. The van der Waals surface area contributed by atoms with Crippen LogP contribution in [0.2, 0.25) is 15.1 Å². The number of urea groups is 2. The van der Waals surface area contributed by atoms with Crippen molar-refractivity contribution in [2.24, 2.45) is 4.99 Å². The van der Waals surface area contributed by atoms with Crippen molar-refractivity contribution in [3.8, 4) is 5.75 Å². The fourth-order valence-corrected chi connectivity index (χ4v) is 8.95. The van der Waals surface area contributed by atoms with E-state index in [2.05, 4.69) is 5.32 Å². The van der Waals surface area contributed by atoms with Crippen LogP contribution in [0.5, 0.6) is 5.75 Å². The minimum Gasteiger partial charge on any atom is -0.493 e. The second kappa shape index (κ2) is 14.5. The number of carbonyl (C=O) groups is 2. The van der Waals surface area contributed by atoms with Gasteiger partial charge in [-0.1, -0.05) is 59.1 Å². The zero-order valence-electron chi connectivity index (χ0n) is 29.1. The number of sulfone groups is 1. The van der Waals surface area contributed by atoms with Gasteiger partial charge in [-0.3, -0.25) is 9.89 Å². The van der Waals surface area contributed by atoms with E-state index in [4.69, 9.17) is 44.5 Å². The lowest BCUT2D eigenvalue weighted by Gasteiger charge is -2.47. The molecule has 4 amide bonds. The van der Waals surface area contributed by atoms with E-state index in [-0.39, 0.29) is 46.2 Å². The Balaban J connectivity index is 1.50. The molecule has 0 bridgehead atoms. The van der Waals surface area contributed by atoms with Gasteiger partial charge in [0.25, 0.3) is 0 Å². The second-order valence-corrected chi connectivity index (χ2v) is 16.9. The average molecular weight is 775 g/mol. The van der Waals surface area contributed by atoms with Gasteiger partial charge in [-0.25, -0.2) is 18.0 Å². The molecule has 272 valence electrons. The molecule has 0 aliphatic carbocycles. The fourth-order valence-electron chi connectivity index (χ4n) is 7.38. The first-order valence-corrected chi connectivity index (χ1v) is 20.1. The third-order valence-corrected chi connectivity index (χ3v) is 12.5. The van der Waals surface area contributed by atoms with E-state index >= 15 is 4.79 Å². The lowest BCUT2D eigenvalue weighted by molar-refractivity contribution is 0.0992. The van der Waals surface area contributed by atoms with Gasteiger partial charge in [0.2, 0.25) is 0 Å². The van der Waals surface area contributed by atoms with Crippen LogP contribution < -0.4 is 10.1 Å². The number of hydrogen-bond donors (Lipinski definition) is 1. The standard InChI is InChI=1S/C37H42Cl3N5O5S/c1-5-50-31-23-30(40)32(51(4,48)49)22-29(31)33-42-36(2,24-8-12-26(38)13-9-24)37(3,25-10-14-27(39)15-11-25)45(33)35(47)44-20-16-28(17-21-44)41-34(46)43-18-6-7-19-43/h8-15,22-23,28H,5-7,16-21H2,1-4H3,(H,41,46). The normalized spacial score (nSPS) is 22.6. The summed E-state index contributed by atoms with van der Waals surface area (Å²) < 4.78 is 32.0. The summed E-state index contributed by atoms with van der Waals surface area (Å²) in [5, 5.41) is 4.23. The van der Waals surface area contributed by atoms with Crippen LogP contribution >= 0.6 is 34.8 Å². The van der Waals surface area contributed by atoms with Gasteiger partial charge in [0.05, 0.1) is 22.1 Å². The van der Waals surface area contributed by atoms with E-state index in [1.54, 1.807) is 34.1 Å². The Kier molecular flexibility index (Phi) is 10.6. The fraction of sp³-hybridized carbons (Fsp3) is 0.432. The van der Waals surface area contributed by atoms with Crippen molar-refractivity contribution < 1.29 is 22.7 Å². The number of hydrogen-bond acceptors (Lipinski definition) is 6. The summed E-state index contributed by atoms with van der Waals surface area (Å²) >= 11 is 19.3. The molecule has 2 fully saturated rings. The molecule has 3 heterocycles. The Bertz CT molecular complexity index is 1950. The Morgan fingerprint density at radius 1 is 0.882 bits per heavy atom. The van der Waals surface area contributed by atoms with Crippen molar-refractivity contribution in [1.82, 2.24) is 20.0 Å². The maximum atomic E-state index is 15.2. The average Bonchev–Trinajstić information content (AvgIpc) is 3.71. The third kappa shape index (κ3) is 7.02. The molecule has 3 aliphatic heterocycles. The van der Waals surface area contributed by atoms with Crippen LogP contribution in [0.15, 0.2) is 70.6 Å². The summed E-state index contributed by atoms with van der Waals surface area (Å²) in [4.78, 5) is 38.6. The van der Waals surface area contributed by atoms with Crippen molar-refractivity contribution >= 4 is 62.5 Å². The Morgan fingerprint density at radius 3 is 2.00 bits per heavy atom. The van der Waals surface area contributed by atoms with Crippen molar-refractivity contribution in [3.63, 3.8) is 0 Å². The molecule has 2 atom stereocenters. The van der Waals surface area contributed by atoms with Crippen LogP contribution in [0.4, 0.5) is 9.59 Å². The largest absolute Gasteiger partial charge is 0.493 e. The summed E-state index contributed by atoms with van der Waals surface area (Å²) in [6.07, 6.45) is 4.24. The predicted molar refractivity (Wildman–Crippen MR) is 201 cm³/mol. The molecule has 3 aromatic rings. The number of amidine groups is 1. The topological polar surface area (TPSA) is 112 Å². The maximum Gasteiger partial charge on any atom is 0.326 e. The highest BCUT2D eigenvalue weighted by Crippen LogP contribution is 2.54. The van der Waals surface area contributed by atoms with Gasteiger partial charge in [0, 0.05) is 54.6 Å². The maximum absolute atomic E-state index is 15.2. The lowest BCUT2D eigenvalue weighted by Crippen LogP contribution is -2.60.